The molecular weight excluding hydrogens is 519 g/mol. The van der Waals surface area contributed by atoms with Crippen molar-refractivity contribution in [3.63, 3.8) is 0 Å². The monoisotopic (exact) mass is 557 g/mol. The first kappa shape index (κ1) is 35.2. The van der Waals surface area contributed by atoms with Crippen LogP contribution in [-0.4, -0.2) is 67.6 Å². The third-order valence-electron chi connectivity index (χ3n) is 4.60. The normalized spacial score (nSPS) is 10.6. The van der Waals surface area contributed by atoms with E-state index in [0.717, 1.165) is 23.9 Å². The molecule has 2 aromatic rings. The lowest BCUT2D eigenvalue weighted by Crippen LogP contribution is -2.39. The quantitative estimate of drug-likeness (QED) is 0.402. The molecule has 0 fully saturated rings. The van der Waals surface area contributed by atoms with E-state index in [2.05, 4.69) is 4.74 Å². The summed E-state index contributed by atoms with van der Waals surface area (Å²) in [6, 6.07) is 17.3. The molecule has 0 spiro atoms. The van der Waals surface area contributed by atoms with Gasteiger partial charge in [-0.1, -0.05) is 42.5 Å². The predicted octanol–water partition coefficient (Wildman–Crippen LogP) is 5.92. The Hall–Kier alpha value is -3.76. The van der Waals surface area contributed by atoms with Crippen LogP contribution in [0.1, 0.15) is 44.7 Å². The summed E-state index contributed by atoms with van der Waals surface area (Å²) >= 11 is 0. The number of benzene rings is 2. The summed E-state index contributed by atoms with van der Waals surface area (Å²) in [5.74, 6) is -0.0958. The molecule has 0 unspecified atom stereocenters. The van der Waals surface area contributed by atoms with Gasteiger partial charge in [-0.05, 0) is 56.9 Å². The molecule has 2 rings (SSSR count). The molecule has 39 heavy (non-hydrogen) atoms. The van der Waals surface area contributed by atoms with Crippen molar-refractivity contribution in [2.45, 2.75) is 58.2 Å². The summed E-state index contributed by atoms with van der Waals surface area (Å²) < 4.78 is 49.9. The summed E-state index contributed by atoms with van der Waals surface area (Å²) in [5.41, 5.74) is 1.41. The largest absolute Gasteiger partial charge is 0.497 e. The Bertz CT molecular complexity index is 989. The zero-order chi connectivity index (χ0) is 30.1. The van der Waals surface area contributed by atoms with E-state index >= 15 is 0 Å². The van der Waals surface area contributed by atoms with Crippen molar-refractivity contribution in [2.75, 3.05) is 27.8 Å². The third kappa shape index (κ3) is 19.9. The molecule has 1 N–H and O–H groups in total. The Labute approximate surface area is 227 Å². The predicted molar refractivity (Wildman–Crippen MR) is 141 cm³/mol. The third-order valence-corrected chi connectivity index (χ3v) is 4.60. The summed E-state index contributed by atoms with van der Waals surface area (Å²) in [6.45, 7) is 3.47. The van der Waals surface area contributed by atoms with Gasteiger partial charge in [0.25, 0.3) is 0 Å². The second-order valence-corrected chi connectivity index (χ2v) is 9.26. The minimum Gasteiger partial charge on any atom is -0.497 e. The van der Waals surface area contributed by atoms with Crippen LogP contribution in [0.4, 0.5) is 18.0 Å². The number of rotatable bonds is 8. The van der Waals surface area contributed by atoms with Crippen molar-refractivity contribution in [1.29, 1.82) is 0 Å². The van der Waals surface area contributed by atoms with Gasteiger partial charge in [0.2, 0.25) is 0 Å². The van der Waals surface area contributed by atoms with E-state index in [1.165, 1.54) is 7.11 Å². The number of carbonyl (C=O) groups is 3. The maximum atomic E-state index is 11.8. The average Bonchev–Trinajstić information content (AvgIpc) is 2.85. The van der Waals surface area contributed by atoms with Crippen LogP contribution in [0.2, 0.25) is 0 Å². The van der Waals surface area contributed by atoms with Crippen molar-refractivity contribution in [3.8, 4) is 5.75 Å². The number of esters is 1. The molecule has 0 aliphatic rings. The van der Waals surface area contributed by atoms with Crippen LogP contribution in [0, 0.1) is 0 Å². The minimum atomic E-state index is -4.40. The van der Waals surface area contributed by atoms with E-state index < -0.39 is 30.4 Å². The number of amides is 1. The summed E-state index contributed by atoms with van der Waals surface area (Å²) in [6.07, 6.45) is -3.42. The minimum absolute atomic E-state index is 0.180. The number of carbonyl (C=O) groups excluding carboxylic acids is 2. The molecule has 0 bridgehead atoms. The van der Waals surface area contributed by atoms with Crippen LogP contribution in [0.25, 0.3) is 0 Å². The topological polar surface area (TPSA) is 102 Å². The Morgan fingerprint density at radius 2 is 1.36 bits per heavy atom. The van der Waals surface area contributed by atoms with Crippen molar-refractivity contribution in [3.05, 3.63) is 65.7 Å². The van der Waals surface area contributed by atoms with Crippen molar-refractivity contribution in [2.24, 2.45) is 0 Å². The van der Waals surface area contributed by atoms with Crippen molar-refractivity contribution in [1.82, 2.24) is 4.90 Å². The lowest BCUT2D eigenvalue weighted by molar-refractivity contribution is -0.142. The SMILES string of the molecule is CN(CC(F)(F)F)C(=O)OC(C)(C)C.COC(=O)CCc1ccc(OC)cc1.O=C(O)CCc1ccccc1. The molecule has 0 heterocycles. The number of aryl methyl sites for hydroxylation is 2. The highest BCUT2D eigenvalue weighted by molar-refractivity contribution is 5.69. The van der Waals surface area contributed by atoms with Crippen molar-refractivity contribution < 1.29 is 46.9 Å². The molecule has 8 nitrogen and oxygen atoms in total. The lowest BCUT2D eigenvalue weighted by atomic mass is 10.1. The van der Waals surface area contributed by atoms with E-state index in [1.807, 2.05) is 54.6 Å². The van der Waals surface area contributed by atoms with Gasteiger partial charge in [-0.15, -0.1) is 0 Å². The van der Waals surface area contributed by atoms with Gasteiger partial charge in [-0.2, -0.15) is 13.2 Å². The average molecular weight is 558 g/mol. The van der Waals surface area contributed by atoms with E-state index in [-0.39, 0.29) is 12.4 Å². The molecule has 218 valence electrons. The zero-order valence-electron chi connectivity index (χ0n) is 23.2. The molecule has 0 radical (unpaired) electrons. The fraction of sp³-hybridized carbons (Fsp3) is 0.464. The Morgan fingerprint density at radius 3 is 1.79 bits per heavy atom. The number of hydrogen-bond acceptors (Lipinski definition) is 6. The van der Waals surface area contributed by atoms with Gasteiger partial charge in [-0.3, -0.25) is 9.59 Å². The van der Waals surface area contributed by atoms with Crippen LogP contribution >= 0.6 is 0 Å². The van der Waals surface area contributed by atoms with E-state index in [9.17, 15) is 27.6 Å². The number of nitrogens with zero attached hydrogens (tertiary/aromatic N) is 1. The van der Waals surface area contributed by atoms with Gasteiger partial charge in [0.05, 0.1) is 14.2 Å². The highest BCUT2D eigenvalue weighted by Gasteiger charge is 2.32. The Morgan fingerprint density at radius 1 is 0.846 bits per heavy atom. The standard InChI is InChI=1S/C11H14O3.C9H10O2.C8H14F3NO2/c1-13-10-6-3-9(4-7-10)5-8-11(12)14-2;10-9(11)7-6-8-4-2-1-3-5-8;1-7(2,3)14-6(13)12(4)5-8(9,10)11/h3-4,6-7H,5,8H2,1-2H3;1-5H,6-7H2,(H,10,11);5H2,1-4H3. The summed E-state index contributed by atoms with van der Waals surface area (Å²) in [5, 5.41) is 8.37. The van der Waals surface area contributed by atoms with E-state index in [1.54, 1.807) is 27.9 Å². The van der Waals surface area contributed by atoms with Crippen LogP contribution < -0.4 is 4.74 Å². The fourth-order valence-corrected chi connectivity index (χ4v) is 2.71. The van der Waals surface area contributed by atoms with Gasteiger partial charge in [0.15, 0.2) is 0 Å². The Balaban J connectivity index is 0.000000560. The molecule has 0 aromatic heterocycles. The van der Waals surface area contributed by atoms with Gasteiger partial charge in [-0.25, -0.2) is 4.79 Å². The molecule has 11 heteroatoms. The van der Waals surface area contributed by atoms with Crippen LogP contribution in [0.5, 0.6) is 5.75 Å². The number of aliphatic carboxylic acids is 1. The second-order valence-electron chi connectivity index (χ2n) is 9.26. The van der Waals surface area contributed by atoms with Crippen molar-refractivity contribution >= 4 is 18.0 Å². The molecule has 0 saturated heterocycles. The maximum absolute atomic E-state index is 11.8. The summed E-state index contributed by atoms with van der Waals surface area (Å²) in [7, 11) is 4.07. The zero-order valence-corrected chi connectivity index (χ0v) is 23.2. The van der Waals surface area contributed by atoms with Gasteiger partial charge in [0, 0.05) is 19.9 Å². The van der Waals surface area contributed by atoms with E-state index in [4.69, 9.17) is 14.6 Å². The number of alkyl halides is 3. The first-order valence-electron chi connectivity index (χ1n) is 12.0. The molecule has 0 aliphatic heterocycles. The molecule has 0 atom stereocenters. The highest BCUT2D eigenvalue weighted by atomic mass is 19.4. The van der Waals surface area contributed by atoms with Crippen LogP contribution in [0.15, 0.2) is 54.6 Å². The molecular formula is C28H38F3NO7. The first-order valence-corrected chi connectivity index (χ1v) is 12.0. The van der Waals surface area contributed by atoms with Crippen LogP contribution in [0.3, 0.4) is 0 Å². The second kappa shape index (κ2) is 17.7. The number of halogens is 3. The Kier molecular flexibility index (Phi) is 16.0. The molecule has 1 amide bonds. The molecule has 0 saturated carbocycles. The summed E-state index contributed by atoms with van der Waals surface area (Å²) in [4.78, 5) is 32.6. The highest BCUT2D eigenvalue weighted by Crippen LogP contribution is 2.17. The molecule has 0 aliphatic carbocycles. The number of hydrogen-bond donors (Lipinski definition) is 1. The first-order chi connectivity index (χ1) is 18.1. The fourth-order valence-electron chi connectivity index (χ4n) is 2.71. The maximum Gasteiger partial charge on any atom is 0.410 e. The van der Waals surface area contributed by atoms with Crippen LogP contribution in [-0.2, 0) is 31.9 Å². The lowest BCUT2D eigenvalue weighted by Gasteiger charge is -2.25. The van der Waals surface area contributed by atoms with E-state index in [0.29, 0.717) is 24.2 Å². The smallest absolute Gasteiger partial charge is 0.410 e. The molecule has 2 aromatic carbocycles. The van der Waals surface area contributed by atoms with Gasteiger partial charge in [0.1, 0.15) is 17.9 Å². The number of carboxylic acid groups (broad SMARTS) is 1. The number of carboxylic acids is 1. The van der Waals surface area contributed by atoms with Gasteiger partial charge >= 0.3 is 24.2 Å². The number of methoxy groups -OCH3 is 2. The number of ether oxygens (including phenoxy) is 3. The van der Waals surface area contributed by atoms with Gasteiger partial charge < -0.3 is 24.2 Å².